The lowest BCUT2D eigenvalue weighted by Crippen LogP contribution is -2.05. The highest BCUT2D eigenvalue weighted by Crippen LogP contribution is 2.11. The van der Waals surface area contributed by atoms with Crippen LogP contribution in [-0.2, 0) is 22.4 Å². The van der Waals surface area contributed by atoms with Crippen LogP contribution in [0.4, 0.5) is 0 Å². The molecule has 2 N–H and O–H groups in total. The van der Waals surface area contributed by atoms with Gasteiger partial charge in [0.05, 0.1) is 12.7 Å². The molecule has 0 saturated carbocycles. The van der Waals surface area contributed by atoms with Gasteiger partial charge in [-0.05, 0) is 6.07 Å². The van der Waals surface area contributed by atoms with E-state index in [9.17, 15) is 9.59 Å². The largest absolute Gasteiger partial charge is 0.481 e. The number of furan rings is 1. The highest BCUT2D eigenvalue weighted by molar-refractivity contribution is 5.73. The quantitative estimate of drug-likeness (QED) is 0.712. The van der Waals surface area contributed by atoms with E-state index >= 15 is 0 Å². The molecule has 13 heavy (non-hydrogen) atoms. The van der Waals surface area contributed by atoms with Crippen LogP contribution in [0, 0.1) is 0 Å². The van der Waals surface area contributed by atoms with Crippen LogP contribution in [0.5, 0.6) is 0 Å². The molecule has 0 amide bonds. The summed E-state index contributed by atoms with van der Waals surface area (Å²) in [6.45, 7) is 0. The Morgan fingerprint density at radius 3 is 2.38 bits per heavy atom. The minimum Gasteiger partial charge on any atom is -0.481 e. The van der Waals surface area contributed by atoms with Gasteiger partial charge in [0, 0.05) is 5.56 Å². The number of aliphatic carboxylic acids is 2. The third kappa shape index (κ3) is 2.62. The van der Waals surface area contributed by atoms with E-state index in [1.807, 2.05) is 0 Å². The van der Waals surface area contributed by atoms with Crippen LogP contribution in [0.15, 0.2) is 16.7 Å². The molecule has 5 nitrogen and oxygen atoms in total. The smallest absolute Gasteiger partial charge is 0.311 e. The van der Waals surface area contributed by atoms with Crippen molar-refractivity contribution in [3.05, 3.63) is 23.7 Å². The third-order valence-electron chi connectivity index (χ3n) is 1.49. The van der Waals surface area contributed by atoms with Crippen molar-refractivity contribution < 1.29 is 24.2 Å². The second-order valence-electron chi connectivity index (χ2n) is 2.51. The molecule has 0 radical (unpaired) electrons. The fourth-order valence-electron chi connectivity index (χ4n) is 0.980. The average molecular weight is 184 g/mol. The molecule has 0 aromatic carbocycles. The molecule has 0 saturated heterocycles. The first-order valence-corrected chi connectivity index (χ1v) is 3.58. The molecule has 5 heteroatoms. The van der Waals surface area contributed by atoms with Crippen molar-refractivity contribution in [2.24, 2.45) is 0 Å². The zero-order valence-corrected chi connectivity index (χ0v) is 6.69. The second kappa shape index (κ2) is 3.75. The third-order valence-corrected chi connectivity index (χ3v) is 1.49. The van der Waals surface area contributed by atoms with Gasteiger partial charge >= 0.3 is 11.9 Å². The minimum atomic E-state index is -1.04. The molecule has 0 fully saturated rings. The van der Waals surface area contributed by atoms with Crippen LogP contribution in [0.1, 0.15) is 11.3 Å². The first-order chi connectivity index (χ1) is 6.09. The fraction of sp³-hybridized carbons (Fsp3) is 0.250. The van der Waals surface area contributed by atoms with E-state index in [2.05, 4.69) is 0 Å². The monoisotopic (exact) mass is 184 g/mol. The number of carboxylic acid groups (broad SMARTS) is 2. The Morgan fingerprint density at radius 1 is 1.23 bits per heavy atom. The van der Waals surface area contributed by atoms with Crippen LogP contribution < -0.4 is 0 Å². The van der Waals surface area contributed by atoms with E-state index in [4.69, 9.17) is 14.6 Å². The van der Waals surface area contributed by atoms with Crippen molar-refractivity contribution in [2.45, 2.75) is 12.8 Å². The van der Waals surface area contributed by atoms with E-state index in [1.165, 1.54) is 12.3 Å². The molecular weight excluding hydrogens is 176 g/mol. The summed E-state index contributed by atoms with van der Waals surface area (Å²) in [5, 5.41) is 16.9. The summed E-state index contributed by atoms with van der Waals surface area (Å²) >= 11 is 0. The van der Waals surface area contributed by atoms with Crippen LogP contribution in [-0.4, -0.2) is 22.2 Å². The van der Waals surface area contributed by atoms with Crippen LogP contribution in [0.25, 0.3) is 0 Å². The van der Waals surface area contributed by atoms with Crippen LogP contribution >= 0.6 is 0 Å². The van der Waals surface area contributed by atoms with Crippen molar-refractivity contribution in [2.75, 3.05) is 0 Å². The normalized spacial score (nSPS) is 9.85. The minimum absolute atomic E-state index is 0.204. The van der Waals surface area contributed by atoms with Gasteiger partial charge in [0.25, 0.3) is 0 Å². The maximum atomic E-state index is 10.3. The van der Waals surface area contributed by atoms with Gasteiger partial charge in [-0.2, -0.15) is 0 Å². The first-order valence-electron chi connectivity index (χ1n) is 3.58. The zero-order valence-electron chi connectivity index (χ0n) is 6.69. The Kier molecular flexibility index (Phi) is 2.69. The highest BCUT2D eigenvalue weighted by atomic mass is 16.4. The lowest BCUT2D eigenvalue weighted by atomic mass is 10.1. The zero-order chi connectivity index (χ0) is 9.84. The molecule has 1 aromatic rings. The van der Waals surface area contributed by atoms with Gasteiger partial charge in [-0.15, -0.1) is 0 Å². The van der Waals surface area contributed by atoms with Gasteiger partial charge in [0.2, 0.25) is 0 Å². The van der Waals surface area contributed by atoms with Crippen molar-refractivity contribution in [1.29, 1.82) is 0 Å². The van der Waals surface area contributed by atoms with Crippen molar-refractivity contribution >= 4 is 11.9 Å². The molecule has 1 aromatic heterocycles. The molecule has 70 valence electrons. The molecule has 0 atom stereocenters. The Labute approximate surface area is 73.6 Å². The van der Waals surface area contributed by atoms with Gasteiger partial charge in [0.15, 0.2) is 0 Å². The summed E-state index contributed by atoms with van der Waals surface area (Å²) in [5.41, 5.74) is 0.412. The van der Waals surface area contributed by atoms with Gasteiger partial charge in [-0.1, -0.05) is 0 Å². The number of hydrogen-bond donors (Lipinski definition) is 2. The molecule has 0 aliphatic heterocycles. The number of carbonyl (C=O) groups is 2. The highest BCUT2D eigenvalue weighted by Gasteiger charge is 2.12. The predicted molar refractivity (Wildman–Crippen MR) is 41.4 cm³/mol. The SMILES string of the molecule is O=C(O)Cc1ccoc1CC(=O)O. The summed E-state index contributed by atoms with van der Waals surface area (Å²) in [7, 11) is 0. The molecule has 0 aliphatic carbocycles. The van der Waals surface area contributed by atoms with E-state index in [0.29, 0.717) is 5.56 Å². The van der Waals surface area contributed by atoms with Crippen molar-refractivity contribution in [3.8, 4) is 0 Å². The van der Waals surface area contributed by atoms with Crippen molar-refractivity contribution in [3.63, 3.8) is 0 Å². The summed E-state index contributed by atoms with van der Waals surface area (Å²) < 4.78 is 4.83. The maximum Gasteiger partial charge on any atom is 0.311 e. The molecule has 1 rings (SSSR count). The van der Waals surface area contributed by atoms with E-state index in [1.54, 1.807) is 0 Å². The lowest BCUT2D eigenvalue weighted by molar-refractivity contribution is -0.137. The average Bonchev–Trinajstić information content (AvgIpc) is 2.34. The molecular formula is C8H8O5. The van der Waals surface area contributed by atoms with E-state index in [-0.39, 0.29) is 18.6 Å². The van der Waals surface area contributed by atoms with Gasteiger partial charge in [0.1, 0.15) is 12.2 Å². The first kappa shape index (κ1) is 9.31. The number of carboxylic acids is 2. The standard InChI is InChI=1S/C8H8O5/c9-7(10)3-5-1-2-13-6(5)4-8(11)12/h1-2H,3-4H2,(H,9,10)(H,11,12). The van der Waals surface area contributed by atoms with E-state index in [0.717, 1.165) is 0 Å². The van der Waals surface area contributed by atoms with Gasteiger partial charge in [-0.3, -0.25) is 9.59 Å². The summed E-state index contributed by atoms with van der Waals surface area (Å²) in [6.07, 6.45) is 0.797. The Hall–Kier alpha value is -1.78. The van der Waals surface area contributed by atoms with Crippen molar-refractivity contribution in [1.82, 2.24) is 0 Å². The lowest BCUT2D eigenvalue weighted by Gasteiger charge is -1.95. The Morgan fingerprint density at radius 2 is 1.85 bits per heavy atom. The van der Waals surface area contributed by atoms with E-state index < -0.39 is 11.9 Å². The van der Waals surface area contributed by atoms with Gasteiger partial charge in [-0.25, -0.2) is 0 Å². The fourth-order valence-corrected chi connectivity index (χ4v) is 0.980. The summed E-state index contributed by atoms with van der Waals surface area (Å²) in [4.78, 5) is 20.6. The Bertz CT molecular complexity index is 295. The number of hydrogen-bond acceptors (Lipinski definition) is 3. The van der Waals surface area contributed by atoms with Gasteiger partial charge < -0.3 is 14.6 Å². The second-order valence-corrected chi connectivity index (χ2v) is 2.51. The molecule has 0 aliphatic rings. The topological polar surface area (TPSA) is 87.7 Å². The molecule has 0 spiro atoms. The van der Waals surface area contributed by atoms with Crippen LogP contribution in [0.2, 0.25) is 0 Å². The summed E-state index contributed by atoms with van der Waals surface area (Å²) in [5.74, 6) is -1.84. The Balaban J connectivity index is 2.76. The summed E-state index contributed by atoms with van der Waals surface area (Å²) in [6, 6.07) is 1.46. The maximum absolute atomic E-state index is 10.3. The molecule has 0 unspecified atom stereocenters. The molecule has 1 heterocycles. The van der Waals surface area contributed by atoms with Crippen LogP contribution in [0.3, 0.4) is 0 Å². The molecule has 0 bridgehead atoms. The predicted octanol–water partition coefficient (Wildman–Crippen LogP) is 0.534. The number of rotatable bonds is 4.